The Labute approximate surface area is 222 Å². The van der Waals surface area contributed by atoms with Crippen LogP contribution < -0.4 is 14.8 Å². The molecule has 1 fully saturated rings. The van der Waals surface area contributed by atoms with Crippen molar-refractivity contribution in [3.05, 3.63) is 89.5 Å². The topological polar surface area (TPSA) is 131 Å². The molecule has 0 aliphatic carbocycles. The molecule has 0 radical (unpaired) electrons. The summed E-state index contributed by atoms with van der Waals surface area (Å²) in [7, 11) is -6.23. The van der Waals surface area contributed by atoms with E-state index in [2.05, 4.69) is 10.0 Å². The fourth-order valence-corrected chi connectivity index (χ4v) is 6.50. The summed E-state index contributed by atoms with van der Waals surface area (Å²) in [6.07, 6.45) is 0. The zero-order valence-electron chi connectivity index (χ0n) is 20.8. The molecule has 0 saturated carbocycles. The maximum absolute atomic E-state index is 13.0. The van der Waals surface area contributed by atoms with E-state index in [1.165, 1.54) is 41.7 Å². The van der Waals surface area contributed by atoms with Crippen LogP contribution in [0.5, 0.6) is 5.75 Å². The number of methoxy groups -OCH3 is 1. The molecule has 3 aromatic carbocycles. The molecule has 1 saturated heterocycles. The molecule has 0 aromatic heterocycles. The number of rotatable bonds is 10. The molecule has 1 aliphatic heterocycles. The molecule has 38 heavy (non-hydrogen) atoms. The van der Waals surface area contributed by atoms with E-state index in [0.29, 0.717) is 31.9 Å². The third-order valence-electron chi connectivity index (χ3n) is 6.01. The monoisotopic (exact) mass is 559 g/mol. The largest absolute Gasteiger partial charge is 0.495 e. The van der Waals surface area contributed by atoms with E-state index >= 15 is 0 Å². The molecule has 0 unspecified atom stereocenters. The predicted octanol–water partition coefficient (Wildman–Crippen LogP) is 2.12. The number of nitrogens with zero attached hydrogens (tertiary/aromatic N) is 1. The van der Waals surface area contributed by atoms with Crippen molar-refractivity contribution in [1.82, 2.24) is 14.3 Å². The molecule has 10 nitrogen and oxygen atoms in total. The summed E-state index contributed by atoms with van der Waals surface area (Å²) < 4.78 is 65.9. The summed E-state index contributed by atoms with van der Waals surface area (Å²) in [4.78, 5) is 12.8. The van der Waals surface area contributed by atoms with Crippen LogP contribution in [-0.2, 0) is 37.9 Å². The number of ether oxygens (including phenoxy) is 2. The highest BCUT2D eigenvalue weighted by Crippen LogP contribution is 2.25. The van der Waals surface area contributed by atoms with Crippen LogP contribution in [0.1, 0.15) is 21.5 Å². The van der Waals surface area contributed by atoms with Gasteiger partial charge in [0.25, 0.3) is 5.91 Å². The van der Waals surface area contributed by atoms with E-state index in [0.717, 1.165) is 5.56 Å². The molecule has 0 atom stereocenters. The third-order valence-corrected chi connectivity index (χ3v) is 9.34. The number of amides is 1. The number of nitrogens with one attached hydrogen (secondary N) is 2. The SMILES string of the molecule is COc1ccc(C(=O)NCc2ccc(S(=O)(=O)N3CCOCC3)cc2)cc1S(=O)(=O)NCc1ccccc1. The maximum atomic E-state index is 13.0. The minimum Gasteiger partial charge on any atom is -0.495 e. The highest BCUT2D eigenvalue weighted by atomic mass is 32.2. The first-order valence-corrected chi connectivity index (χ1v) is 14.8. The Kier molecular flexibility index (Phi) is 8.80. The van der Waals surface area contributed by atoms with Crippen LogP contribution in [0.3, 0.4) is 0 Å². The van der Waals surface area contributed by atoms with Gasteiger partial charge in [0, 0.05) is 31.7 Å². The van der Waals surface area contributed by atoms with E-state index < -0.39 is 26.0 Å². The van der Waals surface area contributed by atoms with Crippen LogP contribution in [0.15, 0.2) is 82.6 Å². The molecule has 4 rings (SSSR count). The summed E-state index contributed by atoms with van der Waals surface area (Å²) in [5.41, 5.74) is 1.61. The van der Waals surface area contributed by atoms with Crippen LogP contribution in [0, 0.1) is 0 Å². The number of benzene rings is 3. The van der Waals surface area contributed by atoms with E-state index in [1.807, 2.05) is 18.2 Å². The summed E-state index contributed by atoms with van der Waals surface area (Å²) in [5, 5.41) is 2.74. The number of sulfonamides is 2. The number of hydrogen-bond donors (Lipinski definition) is 2. The van der Waals surface area contributed by atoms with Gasteiger partial charge in [0.05, 0.1) is 25.2 Å². The van der Waals surface area contributed by atoms with Gasteiger partial charge in [-0.1, -0.05) is 42.5 Å². The molecular weight excluding hydrogens is 530 g/mol. The van der Waals surface area contributed by atoms with Crippen molar-refractivity contribution in [1.29, 1.82) is 0 Å². The van der Waals surface area contributed by atoms with Gasteiger partial charge in [-0.3, -0.25) is 4.79 Å². The van der Waals surface area contributed by atoms with Gasteiger partial charge >= 0.3 is 0 Å². The Hall–Kier alpha value is -3.29. The molecule has 3 aromatic rings. The first-order valence-electron chi connectivity index (χ1n) is 11.9. The molecule has 0 bridgehead atoms. The van der Waals surface area contributed by atoms with E-state index in [9.17, 15) is 21.6 Å². The molecule has 1 amide bonds. The van der Waals surface area contributed by atoms with Gasteiger partial charge in [-0.25, -0.2) is 21.6 Å². The average Bonchev–Trinajstić information content (AvgIpc) is 2.95. The van der Waals surface area contributed by atoms with Crippen molar-refractivity contribution in [2.45, 2.75) is 22.9 Å². The maximum Gasteiger partial charge on any atom is 0.251 e. The van der Waals surface area contributed by atoms with Crippen molar-refractivity contribution in [3.63, 3.8) is 0 Å². The number of hydrogen-bond acceptors (Lipinski definition) is 7. The van der Waals surface area contributed by atoms with Gasteiger partial charge in [-0.15, -0.1) is 0 Å². The first-order chi connectivity index (χ1) is 18.2. The van der Waals surface area contributed by atoms with Crippen LogP contribution in [0.4, 0.5) is 0 Å². The van der Waals surface area contributed by atoms with E-state index in [-0.39, 0.29) is 34.2 Å². The molecular formula is C26H29N3O7S2. The molecule has 1 aliphatic rings. The molecule has 202 valence electrons. The predicted molar refractivity (Wildman–Crippen MR) is 141 cm³/mol. The highest BCUT2D eigenvalue weighted by molar-refractivity contribution is 7.89. The van der Waals surface area contributed by atoms with E-state index in [4.69, 9.17) is 9.47 Å². The Bertz CT molecular complexity index is 1470. The highest BCUT2D eigenvalue weighted by Gasteiger charge is 2.26. The summed E-state index contributed by atoms with van der Waals surface area (Å²) >= 11 is 0. The second-order valence-electron chi connectivity index (χ2n) is 8.52. The van der Waals surface area contributed by atoms with Gasteiger partial charge in [0.1, 0.15) is 10.6 Å². The van der Waals surface area contributed by atoms with Crippen molar-refractivity contribution in [3.8, 4) is 5.75 Å². The second-order valence-corrected chi connectivity index (χ2v) is 12.2. The van der Waals surface area contributed by atoms with Crippen molar-refractivity contribution >= 4 is 26.0 Å². The minimum atomic E-state index is -3.98. The fraction of sp³-hybridized carbons (Fsp3) is 0.269. The summed E-state index contributed by atoms with van der Waals surface area (Å²) in [6.45, 7) is 1.54. The molecule has 2 N–H and O–H groups in total. The zero-order chi connectivity index (χ0) is 27.2. The lowest BCUT2D eigenvalue weighted by Crippen LogP contribution is -2.40. The fourth-order valence-electron chi connectivity index (χ4n) is 3.88. The van der Waals surface area contributed by atoms with Crippen molar-refractivity contribution in [2.24, 2.45) is 0 Å². The standard InChI is InChI=1S/C26H29N3O7S2/c1-35-24-12-9-22(17-25(24)37(31,32)28-19-20-5-3-2-4-6-20)26(30)27-18-21-7-10-23(11-8-21)38(33,34)29-13-15-36-16-14-29/h2-12,17,28H,13-16,18-19H2,1H3,(H,27,30). The van der Waals surface area contributed by atoms with Crippen LogP contribution in [0.25, 0.3) is 0 Å². The van der Waals surface area contributed by atoms with Gasteiger partial charge in [-0.05, 0) is 41.5 Å². The van der Waals surface area contributed by atoms with Crippen LogP contribution in [0.2, 0.25) is 0 Å². The Morgan fingerprint density at radius 2 is 1.55 bits per heavy atom. The summed E-state index contributed by atoms with van der Waals surface area (Å²) in [6, 6.07) is 19.5. The Balaban J connectivity index is 1.43. The first kappa shape index (κ1) is 27.7. The normalized spacial score (nSPS) is 14.7. The van der Waals surface area contributed by atoms with Gasteiger partial charge in [0.2, 0.25) is 20.0 Å². The minimum absolute atomic E-state index is 0.0833. The Morgan fingerprint density at radius 3 is 2.21 bits per heavy atom. The zero-order valence-corrected chi connectivity index (χ0v) is 22.4. The lowest BCUT2D eigenvalue weighted by atomic mass is 10.2. The van der Waals surface area contributed by atoms with Crippen molar-refractivity contribution in [2.75, 3.05) is 33.4 Å². The second kappa shape index (κ2) is 12.0. The molecule has 0 spiro atoms. The van der Waals surface area contributed by atoms with Crippen LogP contribution >= 0.6 is 0 Å². The summed E-state index contributed by atoms with van der Waals surface area (Å²) in [5.74, 6) is -0.378. The van der Waals surface area contributed by atoms with Crippen LogP contribution in [-0.4, -0.2) is 60.5 Å². The average molecular weight is 560 g/mol. The Morgan fingerprint density at radius 1 is 0.895 bits per heavy atom. The number of carbonyl (C=O) groups is 1. The quantitative estimate of drug-likeness (QED) is 0.389. The van der Waals surface area contributed by atoms with Gasteiger partial charge in [-0.2, -0.15) is 4.31 Å². The molecule has 12 heteroatoms. The third kappa shape index (κ3) is 6.58. The van der Waals surface area contributed by atoms with Crippen molar-refractivity contribution < 1.29 is 31.1 Å². The number of morpholine rings is 1. The lowest BCUT2D eigenvalue weighted by Gasteiger charge is -2.26. The van der Waals surface area contributed by atoms with E-state index in [1.54, 1.807) is 24.3 Å². The van der Waals surface area contributed by atoms with Gasteiger partial charge < -0.3 is 14.8 Å². The lowest BCUT2D eigenvalue weighted by molar-refractivity contribution is 0.0730. The number of carbonyl (C=O) groups excluding carboxylic acids is 1. The smallest absolute Gasteiger partial charge is 0.251 e. The molecule has 1 heterocycles. The van der Waals surface area contributed by atoms with Gasteiger partial charge in [0.15, 0.2) is 0 Å².